The van der Waals surface area contributed by atoms with E-state index >= 15 is 0 Å². The van der Waals surface area contributed by atoms with Crippen molar-refractivity contribution in [2.75, 3.05) is 21.3 Å². The molecule has 0 saturated carbocycles. The highest BCUT2D eigenvalue weighted by Gasteiger charge is 2.40. The van der Waals surface area contributed by atoms with Gasteiger partial charge in [0, 0.05) is 42.9 Å². The highest BCUT2D eigenvalue weighted by atomic mass is 32.1. The second-order valence-corrected chi connectivity index (χ2v) is 6.33. The summed E-state index contributed by atoms with van der Waals surface area (Å²) in [6.07, 6.45) is 0. The summed E-state index contributed by atoms with van der Waals surface area (Å²) in [5, 5.41) is 0.841. The summed E-state index contributed by atoms with van der Waals surface area (Å²) in [6, 6.07) is 7.05. The largest absolute Gasteiger partial charge is 0.536 e. The zero-order valence-electron chi connectivity index (χ0n) is 8.85. The molecule has 0 heterocycles. The predicted molar refractivity (Wildman–Crippen MR) is 59.2 cm³/mol. The van der Waals surface area contributed by atoms with Crippen LogP contribution in [0.2, 0.25) is 0 Å². The van der Waals surface area contributed by atoms with Gasteiger partial charge >= 0.3 is 20.5 Å². The molecule has 0 aliphatic rings. The Morgan fingerprint density at radius 3 is 1.80 bits per heavy atom. The van der Waals surface area contributed by atoms with Crippen molar-refractivity contribution in [2.45, 2.75) is 4.90 Å². The SMILES string of the molecule is CO[Si](OC)(OC)c1ccc([S+]=O)cc1. The van der Waals surface area contributed by atoms with Gasteiger partial charge in [0.25, 0.3) is 4.90 Å². The third kappa shape index (κ3) is 2.47. The van der Waals surface area contributed by atoms with Crippen LogP contribution in [0, 0.1) is 0 Å². The minimum atomic E-state index is -2.74. The van der Waals surface area contributed by atoms with Crippen LogP contribution in [0.4, 0.5) is 0 Å². The second kappa shape index (κ2) is 5.43. The van der Waals surface area contributed by atoms with Gasteiger partial charge < -0.3 is 13.3 Å². The molecule has 0 radical (unpaired) electrons. The van der Waals surface area contributed by atoms with Crippen molar-refractivity contribution in [1.29, 1.82) is 0 Å². The van der Waals surface area contributed by atoms with Gasteiger partial charge in [-0.25, -0.2) is 0 Å². The molecule has 0 spiro atoms. The van der Waals surface area contributed by atoms with Crippen molar-refractivity contribution >= 4 is 25.7 Å². The van der Waals surface area contributed by atoms with E-state index < -0.39 is 8.80 Å². The van der Waals surface area contributed by atoms with E-state index in [-0.39, 0.29) is 0 Å². The summed E-state index contributed by atoms with van der Waals surface area (Å²) >= 11 is 0.454. The van der Waals surface area contributed by atoms with E-state index in [2.05, 4.69) is 0 Å². The van der Waals surface area contributed by atoms with Gasteiger partial charge in [0.15, 0.2) is 0 Å². The summed E-state index contributed by atoms with van der Waals surface area (Å²) in [6.45, 7) is 0. The van der Waals surface area contributed by atoms with Crippen molar-refractivity contribution in [3.05, 3.63) is 24.3 Å². The topological polar surface area (TPSA) is 44.8 Å². The maximum Gasteiger partial charge on any atom is 0.536 e. The highest BCUT2D eigenvalue weighted by molar-refractivity contribution is 7.65. The van der Waals surface area contributed by atoms with Gasteiger partial charge in [0.1, 0.15) is 0 Å². The Labute approximate surface area is 94.0 Å². The van der Waals surface area contributed by atoms with Gasteiger partial charge in [-0.15, -0.1) is 0 Å². The first kappa shape index (κ1) is 12.4. The number of benzene rings is 1. The van der Waals surface area contributed by atoms with Crippen LogP contribution in [-0.4, -0.2) is 30.1 Å². The number of rotatable bonds is 5. The van der Waals surface area contributed by atoms with Crippen LogP contribution in [0.15, 0.2) is 29.2 Å². The molecule has 0 amide bonds. The van der Waals surface area contributed by atoms with Gasteiger partial charge in [-0.1, -0.05) is 12.1 Å². The molecule has 15 heavy (non-hydrogen) atoms. The van der Waals surface area contributed by atoms with Crippen molar-refractivity contribution in [3.8, 4) is 0 Å². The number of hydrogen-bond acceptors (Lipinski definition) is 4. The average molecular weight is 245 g/mol. The molecule has 0 N–H and O–H groups in total. The molecule has 0 aliphatic heterocycles. The molecule has 0 atom stereocenters. The van der Waals surface area contributed by atoms with E-state index in [0.717, 1.165) is 5.19 Å². The van der Waals surface area contributed by atoms with Crippen LogP contribution in [0.25, 0.3) is 0 Å². The molecule has 0 saturated heterocycles. The van der Waals surface area contributed by atoms with Crippen LogP contribution in [0.5, 0.6) is 0 Å². The van der Waals surface area contributed by atoms with Crippen LogP contribution in [-0.2, 0) is 29.2 Å². The van der Waals surface area contributed by atoms with Crippen molar-refractivity contribution < 1.29 is 17.5 Å². The maximum atomic E-state index is 10.5. The Morgan fingerprint density at radius 1 is 1.00 bits per heavy atom. The standard InChI is InChI=1S/C9H13O4SSi/c1-11-15(12-2,13-3)9-6-4-8(14-10)5-7-9/h4-7H,1-3H3/q+1. The van der Waals surface area contributed by atoms with Gasteiger partial charge in [0.2, 0.25) is 0 Å². The summed E-state index contributed by atoms with van der Waals surface area (Å²) in [4.78, 5) is 0.657. The molecule has 82 valence electrons. The summed E-state index contributed by atoms with van der Waals surface area (Å²) in [5.41, 5.74) is 0. The molecular formula is C9H13O4SSi+. The minimum absolute atomic E-state index is 0.454. The second-order valence-electron chi connectivity index (χ2n) is 2.78. The smallest absolute Gasteiger partial charge is 0.373 e. The van der Waals surface area contributed by atoms with Crippen LogP contribution in [0.3, 0.4) is 0 Å². The van der Waals surface area contributed by atoms with Gasteiger partial charge in [0.05, 0.1) is 0 Å². The molecule has 0 fully saturated rings. The molecule has 4 nitrogen and oxygen atoms in total. The summed E-state index contributed by atoms with van der Waals surface area (Å²) in [7, 11) is 1.91. The average Bonchev–Trinajstić information content (AvgIpc) is 2.33. The van der Waals surface area contributed by atoms with Crippen molar-refractivity contribution in [2.24, 2.45) is 0 Å². The molecular weight excluding hydrogens is 232 g/mol. The fourth-order valence-corrected chi connectivity index (χ4v) is 3.35. The molecule has 0 aromatic heterocycles. The fourth-order valence-electron chi connectivity index (χ4n) is 1.32. The van der Waals surface area contributed by atoms with E-state index in [1.165, 1.54) is 0 Å². The minimum Gasteiger partial charge on any atom is -0.373 e. The quantitative estimate of drug-likeness (QED) is 0.561. The van der Waals surface area contributed by atoms with Gasteiger partial charge in [-0.3, -0.25) is 0 Å². The first-order valence-electron chi connectivity index (χ1n) is 4.28. The first-order chi connectivity index (χ1) is 7.22. The zero-order valence-corrected chi connectivity index (χ0v) is 10.7. The Kier molecular flexibility index (Phi) is 4.49. The van der Waals surface area contributed by atoms with E-state index in [4.69, 9.17) is 13.3 Å². The maximum absolute atomic E-state index is 10.5. The Morgan fingerprint density at radius 2 is 1.47 bits per heavy atom. The Bertz CT molecular complexity index is 315. The van der Waals surface area contributed by atoms with Crippen LogP contribution in [0.1, 0.15) is 0 Å². The molecule has 0 unspecified atom stereocenters. The molecule has 0 aliphatic carbocycles. The lowest BCUT2D eigenvalue weighted by Crippen LogP contribution is -2.54. The molecule has 1 rings (SSSR count). The molecule has 1 aromatic carbocycles. The lowest BCUT2D eigenvalue weighted by Gasteiger charge is -2.24. The molecule has 6 heteroatoms. The fraction of sp³-hybridized carbons (Fsp3) is 0.333. The van der Waals surface area contributed by atoms with Crippen LogP contribution >= 0.6 is 0 Å². The van der Waals surface area contributed by atoms with E-state index in [9.17, 15) is 4.21 Å². The van der Waals surface area contributed by atoms with E-state index in [1.54, 1.807) is 45.6 Å². The lowest BCUT2D eigenvalue weighted by atomic mass is 10.4. The van der Waals surface area contributed by atoms with Gasteiger partial charge in [-0.05, 0) is 0 Å². The first-order valence-corrected chi connectivity index (χ1v) is 6.75. The highest BCUT2D eigenvalue weighted by Crippen LogP contribution is 2.08. The predicted octanol–water partition coefficient (Wildman–Crippen LogP) is 0.559. The normalized spacial score (nSPS) is 11.4. The van der Waals surface area contributed by atoms with Crippen LogP contribution < -0.4 is 5.19 Å². The zero-order chi connectivity index (χ0) is 11.3. The van der Waals surface area contributed by atoms with E-state index in [0.29, 0.717) is 16.6 Å². The monoisotopic (exact) mass is 245 g/mol. The molecule has 0 bridgehead atoms. The lowest BCUT2D eigenvalue weighted by molar-refractivity contribution is 0.140. The summed E-state index contributed by atoms with van der Waals surface area (Å²) < 4.78 is 26.5. The van der Waals surface area contributed by atoms with E-state index in [1.807, 2.05) is 0 Å². The molecule has 1 aromatic rings. The Hall–Kier alpha value is -0.663. The summed E-state index contributed by atoms with van der Waals surface area (Å²) in [5.74, 6) is 0. The Balaban J connectivity index is 3.06. The number of hydrogen-bond donors (Lipinski definition) is 0. The van der Waals surface area contributed by atoms with Gasteiger partial charge in [-0.2, -0.15) is 0 Å². The van der Waals surface area contributed by atoms with Crippen molar-refractivity contribution in [3.63, 3.8) is 0 Å². The van der Waals surface area contributed by atoms with Crippen molar-refractivity contribution in [1.82, 2.24) is 0 Å². The third-order valence-electron chi connectivity index (χ3n) is 2.11. The third-order valence-corrected chi connectivity index (χ3v) is 5.23.